The van der Waals surface area contributed by atoms with Gasteiger partial charge < -0.3 is 0 Å². The Balaban J connectivity index is 2.92. The van der Waals surface area contributed by atoms with Crippen LogP contribution in [0, 0.1) is 30.1 Å². The predicted molar refractivity (Wildman–Crippen MR) is 53.3 cm³/mol. The molecule has 1 aromatic carbocycles. The van der Waals surface area contributed by atoms with Gasteiger partial charge in [0.2, 0.25) is 0 Å². The van der Waals surface area contributed by atoms with E-state index in [2.05, 4.69) is 11.8 Å². The summed E-state index contributed by atoms with van der Waals surface area (Å²) in [6.07, 6.45) is 0.256. The van der Waals surface area contributed by atoms with E-state index in [1.807, 2.05) is 25.1 Å². The second kappa shape index (κ2) is 4.55. The SMILES string of the molecule is Cc1cc(Cl)cc(C#CCC#N)c1. The van der Waals surface area contributed by atoms with Gasteiger partial charge in [-0.05, 0) is 30.7 Å². The van der Waals surface area contributed by atoms with E-state index >= 15 is 0 Å². The highest BCUT2D eigenvalue weighted by molar-refractivity contribution is 6.30. The Bertz CT molecular complexity index is 384. The van der Waals surface area contributed by atoms with E-state index < -0.39 is 0 Å². The molecule has 0 radical (unpaired) electrons. The first-order valence-electron chi connectivity index (χ1n) is 3.85. The molecule has 0 bridgehead atoms. The van der Waals surface area contributed by atoms with Crippen LogP contribution in [0.4, 0.5) is 0 Å². The van der Waals surface area contributed by atoms with Gasteiger partial charge in [-0.25, -0.2) is 0 Å². The molecule has 0 aliphatic rings. The number of rotatable bonds is 0. The van der Waals surface area contributed by atoms with Gasteiger partial charge in [0, 0.05) is 10.6 Å². The smallest absolute Gasteiger partial charge is 0.0966 e. The van der Waals surface area contributed by atoms with E-state index in [-0.39, 0.29) is 6.42 Å². The van der Waals surface area contributed by atoms with Crippen LogP contribution in [-0.4, -0.2) is 0 Å². The number of hydrogen-bond donors (Lipinski definition) is 0. The molecule has 0 aliphatic heterocycles. The molecule has 0 saturated carbocycles. The first-order chi connectivity index (χ1) is 6.22. The minimum Gasteiger partial charge on any atom is -0.197 e. The zero-order valence-corrected chi connectivity index (χ0v) is 8.02. The molecule has 1 aromatic rings. The van der Waals surface area contributed by atoms with Crippen LogP contribution >= 0.6 is 11.6 Å². The van der Waals surface area contributed by atoms with Crippen LogP contribution < -0.4 is 0 Å². The lowest BCUT2D eigenvalue weighted by atomic mass is 10.1. The lowest BCUT2D eigenvalue weighted by molar-refractivity contribution is 1.39. The van der Waals surface area contributed by atoms with Gasteiger partial charge in [0.1, 0.15) is 0 Å². The second-order valence-electron chi connectivity index (χ2n) is 2.65. The summed E-state index contributed by atoms with van der Waals surface area (Å²) >= 11 is 5.83. The van der Waals surface area contributed by atoms with Gasteiger partial charge in [-0.3, -0.25) is 0 Å². The van der Waals surface area contributed by atoms with E-state index in [4.69, 9.17) is 16.9 Å². The van der Waals surface area contributed by atoms with Crippen molar-refractivity contribution in [2.75, 3.05) is 0 Å². The topological polar surface area (TPSA) is 23.8 Å². The number of nitrogens with zero attached hydrogens (tertiary/aromatic N) is 1. The fraction of sp³-hybridized carbons (Fsp3) is 0.182. The summed E-state index contributed by atoms with van der Waals surface area (Å²) in [6.45, 7) is 1.96. The maximum Gasteiger partial charge on any atom is 0.0966 e. The molecular weight excluding hydrogens is 182 g/mol. The van der Waals surface area contributed by atoms with Gasteiger partial charge >= 0.3 is 0 Å². The van der Waals surface area contributed by atoms with E-state index in [1.54, 1.807) is 6.07 Å². The van der Waals surface area contributed by atoms with Gasteiger partial charge in [0.05, 0.1) is 12.5 Å². The monoisotopic (exact) mass is 189 g/mol. The Morgan fingerprint density at radius 3 is 2.77 bits per heavy atom. The Hall–Kier alpha value is -1.44. The summed E-state index contributed by atoms with van der Waals surface area (Å²) in [6, 6.07) is 7.56. The molecule has 13 heavy (non-hydrogen) atoms. The Morgan fingerprint density at radius 2 is 2.15 bits per heavy atom. The molecule has 0 aromatic heterocycles. The van der Waals surface area contributed by atoms with Gasteiger partial charge in [0.15, 0.2) is 0 Å². The second-order valence-corrected chi connectivity index (χ2v) is 3.09. The Labute approximate surface area is 83.0 Å². The first-order valence-corrected chi connectivity index (χ1v) is 4.23. The molecule has 64 valence electrons. The lowest BCUT2D eigenvalue weighted by Crippen LogP contribution is -1.77. The average molecular weight is 190 g/mol. The summed E-state index contributed by atoms with van der Waals surface area (Å²) < 4.78 is 0. The van der Waals surface area contributed by atoms with Crippen LogP contribution in [0.5, 0.6) is 0 Å². The largest absolute Gasteiger partial charge is 0.197 e. The first kappa shape index (κ1) is 9.65. The highest BCUT2D eigenvalue weighted by Crippen LogP contribution is 2.13. The fourth-order valence-electron chi connectivity index (χ4n) is 0.994. The van der Waals surface area contributed by atoms with Crippen molar-refractivity contribution >= 4 is 11.6 Å². The molecule has 0 spiro atoms. The normalized spacial score (nSPS) is 8.38. The molecule has 2 heteroatoms. The third-order valence-corrected chi connectivity index (χ3v) is 1.66. The average Bonchev–Trinajstić information content (AvgIpc) is 2.03. The van der Waals surface area contributed by atoms with Gasteiger partial charge in [0.25, 0.3) is 0 Å². The van der Waals surface area contributed by atoms with Crippen LogP contribution in [-0.2, 0) is 0 Å². The number of aryl methyl sites for hydroxylation is 1. The Kier molecular flexibility index (Phi) is 3.38. The molecule has 1 rings (SSSR count). The lowest BCUT2D eigenvalue weighted by Gasteiger charge is -1.95. The molecular formula is C11H8ClN. The number of hydrogen-bond acceptors (Lipinski definition) is 1. The molecule has 0 atom stereocenters. The molecule has 0 fully saturated rings. The van der Waals surface area contributed by atoms with Crippen molar-refractivity contribution in [2.45, 2.75) is 13.3 Å². The molecule has 0 aliphatic carbocycles. The van der Waals surface area contributed by atoms with Crippen LogP contribution in [0.3, 0.4) is 0 Å². The van der Waals surface area contributed by atoms with E-state index in [1.165, 1.54) is 0 Å². The van der Waals surface area contributed by atoms with Gasteiger partial charge in [-0.1, -0.05) is 23.4 Å². The predicted octanol–water partition coefficient (Wildman–Crippen LogP) is 2.91. The van der Waals surface area contributed by atoms with Crippen molar-refractivity contribution in [3.8, 4) is 17.9 Å². The zero-order valence-electron chi connectivity index (χ0n) is 7.26. The van der Waals surface area contributed by atoms with Crippen LogP contribution in [0.1, 0.15) is 17.5 Å². The third kappa shape index (κ3) is 3.20. The summed E-state index contributed by atoms with van der Waals surface area (Å²) in [7, 11) is 0. The number of benzene rings is 1. The minimum absolute atomic E-state index is 0.256. The van der Waals surface area contributed by atoms with Crippen molar-refractivity contribution in [1.82, 2.24) is 0 Å². The van der Waals surface area contributed by atoms with Crippen LogP contribution in [0.25, 0.3) is 0 Å². The quantitative estimate of drug-likeness (QED) is 0.576. The van der Waals surface area contributed by atoms with E-state index in [9.17, 15) is 0 Å². The molecule has 1 nitrogen and oxygen atoms in total. The zero-order chi connectivity index (χ0) is 9.68. The van der Waals surface area contributed by atoms with Crippen molar-refractivity contribution in [2.24, 2.45) is 0 Å². The summed E-state index contributed by atoms with van der Waals surface area (Å²) in [5, 5.41) is 8.96. The van der Waals surface area contributed by atoms with Crippen molar-refractivity contribution < 1.29 is 0 Å². The fourth-order valence-corrected chi connectivity index (χ4v) is 1.28. The summed E-state index contributed by atoms with van der Waals surface area (Å²) in [5.74, 6) is 5.61. The summed E-state index contributed by atoms with van der Waals surface area (Å²) in [4.78, 5) is 0. The standard InChI is InChI=1S/C11H8ClN/c1-9-6-10(4-2-3-5-13)8-11(12)7-9/h6-8H,3H2,1H3. The highest BCUT2D eigenvalue weighted by atomic mass is 35.5. The maximum atomic E-state index is 8.27. The molecule has 0 heterocycles. The summed E-state index contributed by atoms with van der Waals surface area (Å²) in [5.41, 5.74) is 1.94. The minimum atomic E-state index is 0.256. The van der Waals surface area contributed by atoms with Crippen LogP contribution in [0.15, 0.2) is 18.2 Å². The molecule has 0 N–H and O–H groups in total. The van der Waals surface area contributed by atoms with Crippen molar-refractivity contribution in [3.63, 3.8) is 0 Å². The maximum absolute atomic E-state index is 8.27. The van der Waals surface area contributed by atoms with Crippen molar-refractivity contribution in [1.29, 1.82) is 5.26 Å². The highest BCUT2D eigenvalue weighted by Gasteiger charge is 1.92. The van der Waals surface area contributed by atoms with Crippen molar-refractivity contribution in [3.05, 3.63) is 34.3 Å². The van der Waals surface area contributed by atoms with Gasteiger partial charge in [-0.2, -0.15) is 5.26 Å². The number of halogens is 1. The molecule has 0 saturated heterocycles. The van der Waals surface area contributed by atoms with E-state index in [0.717, 1.165) is 11.1 Å². The van der Waals surface area contributed by atoms with E-state index in [0.29, 0.717) is 5.02 Å². The third-order valence-electron chi connectivity index (χ3n) is 1.44. The molecule has 0 amide bonds. The van der Waals surface area contributed by atoms with Gasteiger partial charge in [-0.15, -0.1) is 0 Å². The Morgan fingerprint density at radius 1 is 1.38 bits per heavy atom. The number of nitriles is 1. The molecule has 0 unspecified atom stereocenters. The van der Waals surface area contributed by atoms with Crippen LogP contribution in [0.2, 0.25) is 5.02 Å².